The van der Waals surface area contributed by atoms with Gasteiger partial charge < -0.3 is 14.2 Å². The maximum absolute atomic E-state index is 12.8. The zero-order valence-corrected chi connectivity index (χ0v) is 44.0. The van der Waals surface area contributed by atoms with Gasteiger partial charge in [-0.2, -0.15) is 0 Å². The zero-order valence-electron chi connectivity index (χ0n) is 44.0. The van der Waals surface area contributed by atoms with Gasteiger partial charge in [0.05, 0.1) is 0 Å². The number of allylic oxidation sites excluding steroid dienone is 2. The Bertz CT molecular complexity index is 1010. The second kappa shape index (κ2) is 54.8. The number of ether oxygens (including phenoxy) is 3. The molecule has 0 N–H and O–H groups in total. The van der Waals surface area contributed by atoms with Crippen molar-refractivity contribution in [3.63, 3.8) is 0 Å². The Morgan fingerprint density at radius 2 is 0.508 bits per heavy atom. The van der Waals surface area contributed by atoms with E-state index in [1.54, 1.807) is 0 Å². The van der Waals surface area contributed by atoms with E-state index >= 15 is 0 Å². The van der Waals surface area contributed by atoms with Crippen molar-refractivity contribution in [2.24, 2.45) is 0 Å². The zero-order chi connectivity index (χ0) is 47.2. The Morgan fingerprint density at radius 1 is 0.292 bits per heavy atom. The SMILES string of the molecule is CCCCCCCC/C=C\CCCCCCCCCCCCCC(=O)OC[C@H](COC(=O)CCCCCCCCCCCCCCCCC)OC(=O)CCCCCCCCCCCCC. The van der Waals surface area contributed by atoms with Crippen molar-refractivity contribution < 1.29 is 28.6 Å². The highest BCUT2D eigenvalue weighted by atomic mass is 16.6. The molecule has 0 aromatic carbocycles. The van der Waals surface area contributed by atoms with Crippen LogP contribution in [-0.4, -0.2) is 37.2 Å². The Balaban J connectivity index is 4.22. The molecule has 0 rings (SSSR count). The van der Waals surface area contributed by atoms with E-state index in [1.165, 1.54) is 231 Å². The molecule has 0 radical (unpaired) electrons. The minimum atomic E-state index is -0.763. The molecule has 6 nitrogen and oxygen atoms in total. The summed E-state index contributed by atoms with van der Waals surface area (Å²) in [5.41, 5.74) is 0. The van der Waals surface area contributed by atoms with E-state index in [9.17, 15) is 14.4 Å². The first-order valence-electron chi connectivity index (χ1n) is 29.2. The van der Waals surface area contributed by atoms with Gasteiger partial charge in [-0.25, -0.2) is 0 Å². The molecule has 0 saturated carbocycles. The van der Waals surface area contributed by atoms with Crippen molar-refractivity contribution >= 4 is 17.9 Å². The van der Waals surface area contributed by atoms with Gasteiger partial charge in [-0.15, -0.1) is 0 Å². The number of hydrogen-bond acceptors (Lipinski definition) is 6. The Morgan fingerprint density at radius 3 is 0.769 bits per heavy atom. The summed E-state index contributed by atoms with van der Waals surface area (Å²) in [6, 6.07) is 0. The molecule has 0 heterocycles. The lowest BCUT2D eigenvalue weighted by Crippen LogP contribution is -2.30. The van der Waals surface area contributed by atoms with Crippen molar-refractivity contribution in [3.8, 4) is 0 Å². The monoisotopic (exact) mass is 917 g/mol. The van der Waals surface area contributed by atoms with Gasteiger partial charge in [0.15, 0.2) is 6.10 Å². The predicted molar refractivity (Wildman–Crippen MR) is 280 cm³/mol. The fraction of sp³-hybridized carbons (Fsp3) is 0.915. The minimum Gasteiger partial charge on any atom is -0.462 e. The van der Waals surface area contributed by atoms with Gasteiger partial charge in [-0.3, -0.25) is 14.4 Å². The van der Waals surface area contributed by atoms with Crippen LogP contribution in [0.15, 0.2) is 12.2 Å². The average Bonchev–Trinajstić information content (AvgIpc) is 3.30. The first-order valence-corrected chi connectivity index (χ1v) is 29.2. The van der Waals surface area contributed by atoms with E-state index < -0.39 is 6.10 Å². The molecule has 0 amide bonds. The number of esters is 3. The summed E-state index contributed by atoms with van der Waals surface area (Å²) in [5.74, 6) is -0.842. The standard InChI is InChI=1S/C59H112O6/c1-4-7-10-13-16-19-22-24-26-27-28-29-30-31-33-35-38-40-43-46-49-52-58(61)64-55-56(65-59(62)53-50-47-44-41-36-21-18-15-12-9-6-3)54-63-57(60)51-48-45-42-39-37-34-32-25-23-20-17-14-11-8-5-2/h24,26,56H,4-23,25,27-55H2,1-3H3/b26-24-/t56-/m0/s1. The van der Waals surface area contributed by atoms with Crippen LogP contribution in [0.2, 0.25) is 0 Å². The molecular weight excluding hydrogens is 805 g/mol. The summed E-state index contributed by atoms with van der Waals surface area (Å²) in [4.78, 5) is 38.1. The highest BCUT2D eigenvalue weighted by molar-refractivity contribution is 5.71. The summed E-state index contributed by atoms with van der Waals surface area (Å²) >= 11 is 0. The van der Waals surface area contributed by atoms with Gasteiger partial charge in [0, 0.05) is 19.3 Å². The summed E-state index contributed by atoms with van der Waals surface area (Å²) in [7, 11) is 0. The molecule has 1 atom stereocenters. The molecule has 0 spiro atoms. The molecule has 0 bridgehead atoms. The minimum absolute atomic E-state index is 0.0639. The van der Waals surface area contributed by atoms with E-state index in [0.29, 0.717) is 19.3 Å². The van der Waals surface area contributed by atoms with E-state index in [-0.39, 0.29) is 31.1 Å². The van der Waals surface area contributed by atoms with Crippen molar-refractivity contribution in [2.45, 2.75) is 335 Å². The first-order chi connectivity index (χ1) is 32.0. The van der Waals surface area contributed by atoms with Crippen molar-refractivity contribution in [2.75, 3.05) is 13.2 Å². The van der Waals surface area contributed by atoms with Crippen molar-refractivity contribution in [3.05, 3.63) is 12.2 Å². The van der Waals surface area contributed by atoms with Crippen LogP contribution in [0.5, 0.6) is 0 Å². The van der Waals surface area contributed by atoms with Crippen LogP contribution in [0.3, 0.4) is 0 Å². The van der Waals surface area contributed by atoms with Gasteiger partial charge >= 0.3 is 17.9 Å². The van der Waals surface area contributed by atoms with Gasteiger partial charge in [0.1, 0.15) is 13.2 Å². The second-order valence-electron chi connectivity index (χ2n) is 19.9. The third-order valence-electron chi connectivity index (χ3n) is 13.3. The van der Waals surface area contributed by atoms with E-state index in [2.05, 4.69) is 32.9 Å². The lowest BCUT2D eigenvalue weighted by Gasteiger charge is -2.18. The molecule has 384 valence electrons. The van der Waals surface area contributed by atoms with Crippen LogP contribution in [0.1, 0.15) is 329 Å². The molecule has 0 aromatic rings. The topological polar surface area (TPSA) is 78.9 Å². The fourth-order valence-corrected chi connectivity index (χ4v) is 8.85. The fourth-order valence-electron chi connectivity index (χ4n) is 8.85. The third-order valence-corrected chi connectivity index (χ3v) is 13.3. The third kappa shape index (κ3) is 53.0. The molecule has 6 heteroatoms. The van der Waals surface area contributed by atoms with E-state index in [0.717, 1.165) is 57.8 Å². The Hall–Kier alpha value is -1.85. The molecule has 0 aliphatic rings. The summed E-state index contributed by atoms with van der Waals surface area (Å²) in [5, 5.41) is 0. The number of carbonyl (C=O) groups excluding carboxylic acids is 3. The lowest BCUT2D eigenvalue weighted by atomic mass is 10.0. The van der Waals surface area contributed by atoms with Gasteiger partial charge in [0.2, 0.25) is 0 Å². The number of rotatable bonds is 54. The number of hydrogen-bond donors (Lipinski definition) is 0. The van der Waals surface area contributed by atoms with E-state index in [1.807, 2.05) is 0 Å². The van der Waals surface area contributed by atoms with Gasteiger partial charge in [-0.1, -0.05) is 277 Å². The smallest absolute Gasteiger partial charge is 0.306 e. The summed E-state index contributed by atoms with van der Waals surface area (Å²) < 4.78 is 16.9. The first kappa shape index (κ1) is 63.1. The maximum atomic E-state index is 12.8. The average molecular weight is 918 g/mol. The Kier molecular flexibility index (Phi) is 53.2. The summed E-state index contributed by atoms with van der Waals surface area (Å²) in [6.07, 6.45) is 62.0. The van der Waals surface area contributed by atoms with Crippen LogP contribution < -0.4 is 0 Å². The van der Waals surface area contributed by atoms with Crippen LogP contribution in [-0.2, 0) is 28.6 Å². The summed E-state index contributed by atoms with van der Waals surface area (Å²) in [6.45, 7) is 6.68. The van der Waals surface area contributed by atoms with Crippen molar-refractivity contribution in [1.29, 1.82) is 0 Å². The van der Waals surface area contributed by atoms with Crippen LogP contribution in [0, 0.1) is 0 Å². The van der Waals surface area contributed by atoms with Crippen molar-refractivity contribution in [1.82, 2.24) is 0 Å². The molecule has 0 fully saturated rings. The number of carbonyl (C=O) groups is 3. The highest BCUT2D eigenvalue weighted by Gasteiger charge is 2.19. The molecule has 65 heavy (non-hydrogen) atoms. The van der Waals surface area contributed by atoms with Crippen LogP contribution in [0.25, 0.3) is 0 Å². The van der Waals surface area contributed by atoms with Crippen LogP contribution in [0.4, 0.5) is 0 Å². The molecule has 0 aromatic heterocycles. The Labute approximate surface area is 405 Å². The predicted octanol–water partition coefficient (Wildman–Crippen LogP) is 19.3. The quantitative estimate of drug-likeness (QED) is 0.0262. The largest absolute Gasteiger partial charge is 0.462 e. The van der Waals surface area contributed by atoms with Crippen LogP contribution >= 0.6 is 0 Å². The molecule has 0 aliphatic carbocycles. The molecular formula is C59H112O6. The highest BCUT2D eigenvalue weighted by Crippen LogP contribution is 2.17. The van der Waals surface area contributed by atoms with E-state index in [4.69, 9.17) is 14.2 Å². The maximum Gasteiger partial charge on any atom is 0.306 e. The van der Waals surface area contributed by atoms with Gasteiger partial charge in [-0.05, 0) is 44.9 Å². The molecule has 0 unspecified atom stereocenters. The lowest BCUT2D eigenvalue weighted by molar-refractivity contribution is -0.167. The second-order valence-corrected chi connectivity index (χ2v) is 19.9. The van der Waals surface area contributed by atoms with Gasteiger partial charge in [0.25, 0.3) is 0 Å². The number of unbranched alkanes of at least 4 members (excludes halogenated alkanes) is 41. The molecule has 0 aliphatic heterocycles. The normalized spacial score (nSPS) is 12.0. The molecule has 0 saturated heterocycles.